The molecule has 1 saturated heterocycles. The van der Waals surface area contributed by atoms with E-state index in [0.717, 1.165) is 5.82 Å². The Balaban J connectivity index is 0.00000261. The molecule has 2 heterocycles. The minimum Gasteiger partial charge on any atom is -0.336 e. The molecule has 1 N–H and O–H groups in total. The van der Waals surface area contributed by atoms with E-state index >= 15 is 0 Å². The summed E-state index contributed by atoms with van der Waals surface area (Å²) in [5.74, 6) is -0.458. The van der Waals surface area contributed by atoms with Gasteiger partial charge in [0.2, 0.25) is 5.91 Å². The zero-order chi connectivity index (χ0) is 18.7. The molecule has 2 atom stereocenters. The second kappa shape index (κ2) is 9.10. The van der Waals surface area contributed by atoms with Crippen LogP contribution in [0.25, 0.3) is 0 Å². The van der Waals surface area contributed by atoms with Gasteiger partial charge >= 0.3 is 0 Å². The van der Waals surface area contributed by atoms with Gasteiger partial charge in [-0.15, -0.1) is 12.4 Å². The summed E-state index contributed by atoms with van der Waals surface area (Å²) in [6.45, 7) is 3.61. The van der Waals surface area contributed by atoms with Gasteiger partial charge in [0, 0.05) is 57.0 Å². The lowest BCUT2D eigenvalue weighted by molar-refractivity contribution is -0.135. The summed E-state index contributed by atoms with van der Waals surface area (Å²) < 4.78 is 15.2. The van der Waals surface area contributed by atoms with Gasteiger partial charge < -0.3 is 14.8 Å². The van der Waals surface area contributed by atoms with Gasteiger partial charge in [-0.05, 0) is 12.1 Å². The van der Waals surface area contributed by atoms with Crippen LogP contribution in [0.15, 0.2) is 36.7 Å². The Morgan fingerprint density at radius 1 is 1.41 bits per heavy atom. The number of ketones is 1. The maximum atomic E-state index is 13.3. The molecule has 3 rings (SSSR count). The molecule has 0 bridgehead atoms. The van der Waals surface area contributed by atoms with E-state index in [1.165, 1.54) is 18.2 Å². The van der Waals surface area contributed by atoms with E-state index in [1.807, 2.05) is 17.8 Å². The van der Waals surface area contributed by atoms with E-state index in [0.29, 0.717) is 25.2 Å². The summed E-state index contributed by atoms with van der Waals surface area (Å²) in [4.78, 5) is 31.5. The third kappa shape index (κ3) is 4.73. The standard InChI is InChI=1S/C19H23FN4O2.ClH/c1-13(18(26)14-4-3-5-15(20)11-14)10-17(25)24-9-6-21-12-16(24)19-22-7-8-23(19)2;/h3-5,7-8,11,13,16,21H,6,9-10,12H2,1-2H3;1H. The molecule has 8 heteroatoms. The molecule has 2 unspecified atom stereocenters. The van der Waals surface area contributed by atoms with Crippen LogP contribution in [0.3, 0.4) is 0 Å². The number of imidazole rings is 1. The van der Waals surface area contributed by atoms with Crippen molar-refractivity contribution in [2.75, 3.05) is 19.6 Å². The molecule has 1 aromatic heterocycles. The molecule has 1 aliphatic heterocycles. The highest BCUT2D eigenvalue weighted by atomic mass is 35.5. The van der Waals surface area contributed by atoms with Gasteiger partial charge in [0.15, 0.2) is 5.78 Å². The number of rotatable bonds is 5. The number of Topliss-reactive ketones (excluding diaryl/α,β-unsaturated/α-hetero) is 1. The lowest BCUT2D eigenvalue weighted by Gasteiger charge is -2.36. The van der Waals surface area contributed by atoms with Gasteiger partial charge in [-0.1, -0.05) is 19.1 Å². The molecule has 1 aliphatic rings. The number of hydrogen-bond acceptors (Lipinski definition) is 4. The average molecular weight is 395 g/mol. The first-order valence-electron chi connectivity index (χ1n) is 8.74. The highest BCUT2D eigenvalue weighted by Crippen LogP contribution is 2.23. The number of hydrogen-bond donors (Lipinski definition) is 1. The molecule has 0 spiro atoms. The Bertz CT molecular complexity index is 811. The van der Waals surface area contributed by atoms with E-state index in [2.05, 4.69) is 10.3 Å². The number of amides is 1. The summed E-state index contributed by atoms with van der Waals surface area (Å²) in [6.07, 6.45) is 3.65. The number of piperazine rings is 1. The number of nitrogens with zero attached hydrogens (tertiary/aromatic N) is 3. The van der Waals surface area contributed by atoms with Crippen LogP contribution >= 0.6 is 12.4 Å². The summed E-state index contributed by atoms with van der Waals surface area (Å²) in [6, 6.07) is 5.43. The van der Waals surface area contributed by atoms with Crippen LogP contribution in [-0.2, 0) is 11.8 Å². The number of nitrogens with one attached hydrogen (secondary N) is 1. The fourth-order valence-electron chi connectivity index (χ4n) is 3.33. The Morgan fingerprint density at radius 2 is 2.19 bits per heavy atom. The van der Waals surface area contributed by atoms with Crippen molar-refractivity contribution in [2.45, 2.75) is 19.4 Å². The number of carbonyl (C=O) groups excluding carboxylic acids is 2. The van der Waals surface area contributed by atoms with Crippen molar-refractivity contribution in [3.63, 3.8) is 0 Å². The topological polar surface area (TPSA) is 67.2 Å². The fraction of sp³-hybridized carbons (Fsp3) is 0.421. The van der Waals surface area contributed by atoms with Crippen molar-refractivity contribution in [1.29, 1.82) is 0 Å². The molecule has 27 heavy (non-hydrogen) atoms. The highest BCUT2D eigenvalue weighted by molar-refractivity contribution is 5.99. The van der Waals surface area contributed by atoms with Crippen LogP contribution in [0, 0.1) is 11.7 Å². The molecule has 0 radical (unpaired) electrons. The zero-order valence-electron chi connectivity index (χ0n) is 15.4. The van der Waals surface area contributed by atoms with E-state index < -0.39 is 11.7 Å². The van der Waals surface area contributed by atoms with Gasteiger partial charge in [0.05, 0.1) is 0 Å². The Kier molecular flexibility index (Phi) is 7.10. The van der Waals surface area contributed by atoms with E-state index in [9.17, 15) is 14.0 Å². The summed E-state index contributed by atoms with van der Waals surface area (Å²) in [7, 11) is 1.90. The zero-order valence-corrected chi connectivity index (χ0v) is 16.2. The third-order valence-corrected chi connectivity index (χ3v) is 4.76. The lowest BCUT2D eigenvalue weighted by Crippen LogP contribution is -2.49. The molecular formula is C19H24ClFN4O2. The molecule has 6 nitrogen and oxygen atoms in total. The molecule has 1 aromatic carbocycles. The van der Waals surface area contributed by atoms with Crippen molar-refractivity contribution in [3.05, 3.63) is 53.9 Å². The van der Waals surface area contributed by atoms with Crippen molar-refractivity contribution in [3.8, 4) is 0 Å². The minimum atomic E-state index is -0.513. The van der Waals surface area contributed by atoms with Crippen molar-refractivity contribution in [1.82, 2.24) is 19.8 Å². The Labute approximate surface area is 164 Å². The Hall–Kier alpha value is -2.25. The van der Waals surface area contributed by atoms with Crippen LogP contribution in [0.4, 0.5) is 4.39 Å². The molecule has 1 fully saturated rings. The number of aromatic nitrogens is 2. The van der Waals surface area contributed by atoms with E-state index in [1.54, 1.807) is 24.1 Å². The second-order valence-electron chi connectivity index (χ2n) is 6.68. The van der Waals surface area contributed by atoms with Crippen molar-refractivity contribution >= 4 is 24.1 Å². The van der Waals surface area contributed by atoms with Gasteiger partial charge in [0.25, 0.3) is 0 Å². The molecule has 0 saturated carbocycles. The van der Waals surface area contributed by atoms with Gasteiger partial charge in [0.1, 0.15) is 17.7 Å². The predicted molar refractivity (Wildman–Crippen MR) is 102 cm³/mol. The highest BCUT2D eigenvalue weighted by Gasteiger charge is 2.32. The first-order chi connectivity index (χ1) is 12.5. The first-order valence-corrected chi connectivity index (χ1v) is 8.74. The first kappa shape index (κ1) is 21.1. The molecule has 146 valence electrons. The number of aryl methyl sites for hydroxylation is 1. The lowest BCUT2D eigenvalue weighted by atomic mass is 9.95. The van der Waals surface area contributed by atoms with Crippen LogP contribution in [0.1, 0.15) is 35.6 Å². The predicted octanol–water partition coefficient (Wildman–Crippen LogP) is 2.36. The van der Waals surface area contributed by atoms with Gasteiger partial charge in [-0.3, -0.25) is 9.59 Å². The van der Waals surface area contributed by atoms with Crippen LogP contribution in [-0.4, -0.2) is 45.8 Å². The van der Waals surface area contributed by atoms with Gasteiger partial charge in [-0.25, -0.2) is 9.37 Å². The van der Waals surface area contributed by atoms with E-state index in [-0.39, 0.29) is 36.6 Å². The van der Waals surface area contributed by atoms with Crippen molar-refractivity contribution < 1.29 is 14.0 Å². The number of halogens is 2. The SMILES string of the molecule is CC(CC(=O)N1CCNCC1c1nccn1C)C(=O)c1cccc(F)c1.Cl. The monoisotopic (exact) mass is 394 g/mol. The summed E-state index contributed by atoms with van der Waals surface area (Å²) >= 11 is 0. The molecule has 2 aromatic rings. The molecule has 0 aliphatic carbocycles. The normalized spacial score (nSPS) is 17.9. The Morgan fingerprint density at radius 3 is 2.85 bits per heavy atom. The molecule has 1 amide bonds. The minimum absolute atomic E-state index is 0. The smallest absolute Gasteiger partial charge is 0.224 e. The fourth-order valence-corrected chi connectivity index (χ4v) is 3.33. The van der Waals surface area contributed by atoms with Crippen LogP contribution < -0.4 is 5.32 Å². The molecular weight excluding hydrogens is 371 g/mol. The third-order valence-electron chi connectivity index (χ3n) is 4.76. The maximum Gasteiger partial charge on any atom is 0.224 e. The van der Waals surface area contributed by atoms with Gasteiger partial charge in [-0.2, -0.15) is 0 Å². The van der Waals surface area contributed by atoms with Crippen LogP contribution in [0.2, 0.25) is 0 Å². The maximum absolute atomic E-state index is 13.3. The van der Waals surface area contributed by atoms with E-state index in [4.69, 9.17) is 0 Å². The summed E-state index contributed by atoms with van der Waals surface area (Å²) in [5, 5.41) is 3.29. The number of carbonyl (C=O) groups is 2. The van der Waals surface area contributed by atoms with Crippen molar-refractivity contribution in [2.24, 2.45) is 13.0 Å². The second-order valence-corrected chi connectivity index (χ2v) is 6.68. The largest absolute Gasteiger partial charge is 0.336 e. The quantitative estimate of drug-likeness (QED) is 0.790. The average Bonchev–Trinajstić information content (AvgIpc) is 3.06. The van der Waals surface area contributed by atoms with Crippen LogP contribution in [0.5, 0.6) is 0 Å². The summed E-state index contributed by atoms with van der Waals surface area (Å²) in [5.41, 5.74) is 0.297. The number of benzene rings is 1.